The van der Waals surface area contributed by atoms with Crippen LogP contribution in [0.25, 0.3) is 11.3 Å². The molecule has 0 saturated heterocycles. The lowest BCUT2D eigenvalue weighted by Crippen LogP contribution is -2.11. The average Bonchev–Trinajstić information content (AvgIpc) is 2.22. The number of nitrogens with one attached hydrogen (secondary N) is 1. The summed E-state index contributed by atoms with van der Waals surface area (Å²) >= 11 is 0. The van der Waals surface area contributed by atoms with E-state index in [1.54, 1.807) is 12.4 Å². The fourth-order valence-corrected chi connectivity index (χ4v) is 1.46. The highest BCUT2D eigenvalue weighted by Crippen LogP contribution is 2.18. The number of hydrogen-bond acceptors (Lipinski definition) is 3. The van der Waals surface area contributed by atoms with Crippen molar-refractivity contribution in [1.82, 2.24) is 15.0 Å². The van der Waals surface area contributed by atoms with Crippen molar-refractivity contribution in [3.63, 3.8) is 0 Å². The smallest absolute Gasteiger partial charge is 0.305 e. The minimum absolute atomic E-state index is 0.329. The van der Waals surface area contributed by atoms with Crippen LogP contribution in [0.3, 0.4) is 0 Å². The first-order chi connectivity index (χ1) is 7.16. The highest BCUT2D eigenvalue weighted by atomic mass is 16.1. The normalized spacial score (nSPS) is 10.3. The van der Waals surface area contributed by atoms with E-state index >= 15 is 0 Å². The maximum atomic E-state index is 11.1. The van der Waals surface area contributed by atoms with Gasteiger partial charge in [-0.05, 0) is 31.5 Å². The number of aromatic amines is 1. The van der Waals surface area contributed by atoms with Gasteiger partial charge >= 0.3 is 5.69 Å². The van der Waals surface area contributed by atoms with Crippen LogP contribution in [0.15, 0.2) is 29.3 Å². The van der Waals surface area contributed by atoms with Crippen molar-refractivity contribution < 1.29 is 0 Å². The van der Waals surface area contributed by atoms with Crippen LogP contribution in [0.4, 0.5) is 0 Å². The highest BCUT2D eigenvalue weighted by molar-refractivity contribution is 5.61. The largest absolute Gasteiger partial charge is 0.345 e. The Morgan fingerprint density at radius 1 is 1.27 bits per heavy atom. The molecule has 0 aliphatic carbocycles. The quantitative estimate of drug-likeness (QED) is 0.759. The summed E-state index contributed by atoms with van der Waals surface area (Å²) in [6.45, 7) is 3.83. The molecule has 0 saturated carbocycles. The third kappa shape index (κ3) is 1.93. The molecule has 0 aliphatic heterocycles. The molecule has 0 fully saturated rings. The molecule has 0 unspecified atom stereocenters. The van der Waals surface area contributed by atoms with Crippen LogP contribution in [-0.2, 0) is 0 Å². The Kier molecular flexibility index (Phi) is 2.33. The molecule has 0 aromatic carbocycles. The first-order valence-corrected chi connectivity index (χ1v) is 4.66. The van der Waals surface area contributed by atoms with E-state index in [1.165, 1.54) is 0 Å². The minimum atomic E-state index is -0.329. The molecule has 0 atom stereocenters. The average molecular weight is 201 g/mol. The predicted octanol–water partition coefficient (Wildman–Crippen LogP) is 1.45. The Balaban J connectivity index is 2.63. The topological polar surface area (TPSA) is 58.6 Å². The Labute approximate surface area is 87.0 Å². The van der Waals surface area contributed by atoms with Gasteiger partial charge in [-0.25, -0.2) is 9.78 Å². The van der Waals surface area contributed by atoms with Gasteiger partial charge < -0.3 is 4.98 Å². The van der Waals surface area contributed by atoms with E-state index in [2.05, 4.69) is 15.0 Å². The monoisotopic (exact) mass is 201 g/mol. The molecule has 76 valence electrons. The number of hydrogen-bond donors (Lipinski definition) is 1. The van der Waals surface area contributed by atoms with E-state index in [4.69, 9.17) is 0 Å². The maximum absolute atomic E-state index is 11.1. The predicted molar refractivity (Wildman–Crippen MR) is 57.6 cm³/mol. The van der Waals surface area contributed by atoms with E-state index in [-0.39, 0.29) is 5.69 Å². The standard InChI is InChI=1S/C11H11N3O/c1-7-6-13-11(15)14-10(7)9-3-4-12-8(2)5-9/h3-6H,1-2H3,(H,13,14,15). The summed E-state index contributed by atoms with van der Waals surface area (Å²) in [6.07, 6.45) is 3.30. The molecule has 15 heavy (non-hydrogen) atoms. The lowest BCUT2D eigenvalue weighted by atomic mass is 10.1. The summed E-state index contributed by atoms with van der Waals surface area (Å²) in [4.78, 5) is 21.6. The Morgan fingerprint density at radius 2 is 2.07 bits per heavy atom. The zero-order chi connectivity index (χ0) is 10.8. The molecule has 4 heteroatoms. The second kappa shape index (κ2) is 3.65. The second-order valence-electron chi connectivity index (χ2n) is 3.43. The summed E-state index contributed by atoms with van der Waals surface area (Å²) in [7, 11) is 0. The van der Waals surface area contributed by atoms with Crippen LogP contribution in [0.1, 0.15) is 11.3 Å². The summed E-state index contributed by atoms with van der Waals surface area (Å²) in [5.74, 6) is 0. The van der Waals surface area contributed by atoms with Gasteiger partial charge in [0, 0.05) is 23.7 Å². The number of aryl methyl sites for hydroxylation is 2. The van der Waals surface area contributed by atoms with Gasteiger partial charge in [0.2, 0.25) is 0 Å². The van der Waals surface area contributed by atoms with Crippen LogP contribution >= 0.6 is 0 Å². The van der Waals surface area contributed by atoms with Crippen LogP contribution in [-0.4, -0.2) is 15.0 Å². The number of pyridine rings is 1. The van der Waals surface area contributed by atoms with Gasteiger partial charge in [-0.3, -0.25) is 4.98 Å². The lowest BCUT2D eigenvalue weighted by molar-refractivity contribution is 1.05. The molecule has 2 rings (SSSR count). The van der Waals surface area contributed by atoms with Gasteiger partial charge in [-0.1, -0.05) is 0 Å². The van der Waals surface area contributed by atoms with Crippen molar-refractivity contribution in [3.8, 4) is 11.3 Å². The number of rotatable bonds is 1. The molecule has 1 N–H and O–H groups in total. The summed E-state index contributed by atoms with van der Waals surface area (Å²) in [5, 5.41) is 0. The first kappa shape index (κ1) is 9.58. The van der Waals surface area contributed by atoms with Crippen molar-refractivity contribution in [2.24, 2.45) is 0 Å². The fraction of sp³-hybridized carbons (Fsp3) is 0.182. The van der Waals surface area contributed by atoms with Crippen LogP contribution in [0.2, 0.25) is 0 Å². The molecule has 0 aliphatic rings. The molecular weight excluding hydrogens is 190 g/mol. The SMILES string of the molecule is Cc1cc(-c2[nH]c(=O)ncc2C)ccn1. The van der Waals surface area contributed by atoms with Gasteiger partial charge in [0.15, 0.2) is 0 Å². The molecule has 2 heterocycles. The van der Waals surface area contributed by atoms with Gasteiger partial charge in [-0.15, -0.1) is 0 Å². The van der Waals surface area contributed by atoms with E-state index in [0.29, 0.717) is 0 Å². The molecule has 4 nitrogen and oxygen atoms in total. The van der Waals surface area contributed by atoms with Crippen molar-refractivity contribution in [2.45, 2.75) is 13.8 Å². The van der Waals surface area contributed by atoms with E-state index < -0.39 is 0 Å². The van der Waals surface area contributed by atoms with Gasteiger partial charge in [0.25, 0.3) is 0 Å². The highest BCUT2D eigenvalue weighted by Gasteiger charge is 2.03. The second-order valence-corrected chi connectivity index (χ2v) is 3.43. The zero-order valence-corrected chi connectivity index (χ0v) is 8.61. The summed E-state index contributed by atoms with van der Waals surface area (Å²) < 4.78 is 0. The van der Waals surface area contributed by atoms with Gasteiger partial charge in [-0.2, -0.15) is 0 Å². The number of aromatic nitrogens is 3. The fourth-order valence-electron chi connectivity index (χ4n) is 1.46. The van der Waals surface area contributed by atoms with Crippen molar-refractivity contribution >= 4 is 0 Å². The number of nitrogens with zero attached hydrogens (tertiary/aromatic N) is 2. The molecule has 0 bridgehead atoms. The van der Waals surface area contributed by atoms with E-state index in [0.717, 1.165) is 22.5 Å². The summed E-state index contributed by atoms with van der Waals surface area (Å²) in [6, 6.07) is 3.80. The van der Waals surface area contributed by atoms with Gasteiger partial charge in [0.05, 0.1) is 5.69 Å². The summed E-state index contributed by atoms with van der Waals surface area (Å²) in [5.41, 5.74) is 3.30. The molecule has 2 aromatic rings. The van der Waals surface area contributed by atoms with Crippen LogP contribution < -0.4 is 5.69 Å². The minimum Gasteiger partial charge on any atom is -0.305 e. The van der Waals surface area contributed by atoms with Crippen molar-refractivity contribution in [2.75, 3.05) is 0 Å². The zero-order valence-electron chi connectivity index (χ0n) is 8.61. The lowest BCUT2D eigenvalue weighted by Gasteiger charge is -2.04. The first-order valence-electron chi connectivity index (χ1n) is 4.66. The molecule has 0 amide bonds. The molecular formula is C11H11N3O. The Hall–Kier alpha value is -1.97. The third-order valence-electron chi connectivity index (χ3n) is 2.19. The molecule has 2 aromatic heterocycles. The number of H-pyrrole nitrogens is 1. The molecule has 0 spiro atoms. The Bertz CT molecular complexity index is 546. The third-order valence-corrected chi connectivity index (χ3v) is 2.19. The maximum Gasteiger partial charge on any atom is 0.345 e. The van der Waals surface area contributed by atoms with Crippen LogP contribution in [0.5, 0.6) is 0 Å². The van der Waals surface area contributed by atoms with Crippen LogP contribution in [0, 0.1) is 13.8 Å². The Morgan fingerprint density at radius 3 is 2.80 bits per heavy atom. The van der Waals surface area contributed by atoms with Crippen molar-refractivity contribution in [1.29, 1.82) is 0 Å². The van der Waals surface area contributed by atoms with E-state index in [9.17, 15) is 4.79 Å². The van der Waals surface area contributed by atoms with Gasteiger partial charge in [0.1, 0.15) is 0 Å². The molecule has 0 radical (unpaired) electrons. The van der Waals surface area contributed by atoms with E-state index in [1.807, 2.05) is 26.0 Å². The van der Waals surface area contributed by atoms with Crippen molar-refractivity contribution in [3.05, 3.63) is 46.3 Å².